The lowest BCUT2D eigenvalue weighted by molar-refractivity contribution is -0.00473. The van der Waals surface area contributed by atoms with Crippen LogP contribution in [0, 0.1) is 5.82 Å². The smallest absolute Gasteiger partial charge is 0.318 e. The molecule has 1 aliphatic rings. The summed E-state index contributed by atoms with van der Waals surface area (Å²) in [6, 6.07) is 3.34. The zero-order valence-corrected chi connectivity index (χ0v) is 14.0. The Morgan fingerprint density at radius 2 is 2.30 bits per heavy atom. The fraction of sp³-hybridized carbons (Fsp3) is 0.562. The fourth-order valence-electron chi connectivity index (χ4n) is 2.71. The van der Waals surface area contributed by atoms with Crippen molar-refractivity contribution in [1.82, 2.24) is 10.2 Å². The molecule has 0 spiro atoms. The summed E-state index contributed by atoms with van der Waals surface area (Å²) in [7, 11) is 0. The van der Waals surface area contributed by atoms with Gasteiger partial charge in [0.2, 0.25) is 0 Å². The summed E-state index contributed by atoms with van der Waals surface area (Å²) < 4.78 is 18.5. The molecule has 0 radical (unpaired) electrons. The highest BCUT2D eigenvalue weighted by atomic mass is 35.5. The van der Waals surface area contributed by atoms with Crippen molar-refractivity contribution in [2.75, 3.05) is 19.8 Å². The molecule has 1 aliphatic heterocycles. The number of urea groups is 1. The van der Waals surface area contributed by atoms with Crippen LogP contribution < -0.4 is 5.32 Å². The van der Waals surface area contributed by atoms with Crippen molar-refractivity contribution in [1.29, 1.82) is 0 Å². The number of hydrogen-bond donors (Lipinski definition) is 2. The SMILES string of the molecule is CC(O)CC1COCCN1C(=O)NC(C)c1ccc(F)cc1Cl. The van der Waals surface area contributed by atoms with Gasteiger partial charge in [0.05, 0.1) is 31.4 Å². The number of halogens is 2. The van der Waals surface area contributed by atoms with Crippen LogP contribution in [0.1, 0.15) is 31.9 Å². The predicted molar refractivity (Wildman–Crippen MR) is 86.0 cm³/mol. The molecule has 3 unspecified atom stereocenters. The van der Waals surface area contributed by atoms with E-state index < -0.39 is 11.9 Å². The highest BCUT2D eigenvalue weighted by molar-refractivity contribution is 6.31. The van der Waals surface area contributed by atoms with Crippen LogP contribution in [0.25, 0.3) is 0 Å². The minimum absolute atomic E-state index is 0.167. The van der Waals surface area contributed by atoms with Crippen molar-refractivity contribution in [2.45, 2.75) is 38.5 Å². The first-order valence-electron chi connectivity index (χ1n) is 7.66. The van der Waals surface area contributed by atoms with E-state index in [4.69, 9.17) is 16.3 Å². The number of morpholine rings is 1. The van der Waals surface area contributed by atoms with Crippen LogP contribution in [0.4, 0.5) is 9.18 Å². The number of rotatable bonds is 4. The van der Waals surface area contributed by atoms with E-state index in [2.05, 4.69) is 5.32 Å². The van der Waals surface area contributed by atoms with Crippen molar-refractivity contribution < 1.29 is 19.0 Å². The van der Waals surface area contributed by atoms with E-state index in [1.165, 1.54) is 12.1 Å². The number of carbonyl (C=O) groups is 1. The Hall–Kier alpha value is -1.37. The average Bonchev–Trinajstić information content (AvgIpc) is 2.46. The van der Waals surface area contributed by atoms with Gasteiger partial charge in [0, 0.05) is 11.6 Å². The van der Waals surface area contributed by atoms with Gasteiger partial charge < -0.3 is 20.1 Å². The molecular weight excluding hydrogens is 323 g/mol. The molecule has 1 aromatic rings. The average molecular weight is 345 g/mol. The summed E-state index contributed by atoms with van der Waals surface area (Å²) in [5, 5.41) is 12.7. The van der Waals surface area contributed by atoms with Gasteiger partial charge in [-0.15, -0.1) is 0 Å². The Morgan fingerprint density at radius 3 is 2.96 bits per heavy atom. The highest BCUT2D eigenvalue weighted by Gasteiger charge is 2.29. The first-order chi connectivity index (χ1) is 10.9. The van der Waals surface area contributed by atoms with Crippen LogP contribution in [0.3, 0.4) is 0 Å². The molecule has 1 saturated heterocycles. The van der Waals surface area contributed by atoms with Gasteiger partial charge >= 0.3 is 6.03 Å². The van der Waals surface area contributed by atoms with E-state index in [1.807, 2.05) is 0 Å². The summed E-state index contributed by atoms with van der Waals surface area (Å²) in [6.07, 6.45) is -0.0555. The lowest BCUT2D eigenvalue weighted by atomic mass is 10.1. The number of aliphatic hydroxyl groups is 1. The number of aliphatic hydroxyl groups excluding tert-OH is 1. The lowest BCUT2D eigenvalue weighted by Crippen LogP contribution is -2.53. The van der Waals surface area contributed by atoms with Crippen LogP contribution in [-0.4, -0.2) is 47.9 Å². The Labute approximate surface area is 140 Å². The van der Waals surface area contributed by atoms with Crippen LogP contribution in [0.15, 0.2) is 18.2 Å². The standard InChI is InChI=1S/C16H22ClFN2O3/c1-10(21)7-13-9-23-6-5-20(13)16(22)19-11(2)14-4-3-12(18)8-15(14)17/h3-4,8,10-11,13,21H,5-7,9H2,1-2H3,(H,19,22). The second-order valence-corrected chi connectivity index (χ2v) is 6.25. The summed E-state index contributed by atoms with van der Waals surface area (Å²) in [5.74, 6) is -0.414. The molecule has 0 aromatic heterocycles. The van der Waals surface area contributed by atoms with Gasteiger partial charge in [-0.25, -0.2) is 9.18 Å². The quantitative estimate of drug-likeness (QED) is 0.882. The first-order valence-corrected chi connectivity index (χ1v) is 8.04. The van der Waals surface area contributed by atoms with Crippen LogP contribution >= 0.6 is 11.6 Å². The topological polar surface area (TPSA) is 61.8 Å². The van der Waals surface area contributed by atoms with Gasteiger partial charge in [-0.2, -0.15) is 0 Å². The Kier molecular flexibility index (Phi) is 6.21. The molecule has 0 saturated carbocycles. The Balaban J connectivity index is 2.04. The van der Waals surface area contributed by atoms with E-state index in [9.17, 15) is 14.3 Å². The van der Waals surface area contributed by atoms with E-state index in [1.54, 1.807) is 24.8 Å². The predicted octanol–water partition coefficient (Wildman–Crippen LogP) is 2.72. The van der Waals surface area contributed by atoms with Gasteiger partial charge in [0.1, 0.15) is 5.82 Å². The number of nitrogens with one attached hydrogen (secondary N) is 1. The summed E-state index contributed by atoms with van der Waals surface area (Å²) in [6.45, 7) is 4.82. The second kappa shape index (κ2) is 7.95. The molecule has 0 bridgehead atoms. The van der Waals surface area contributed by atoms with Gasteiger partial charge in [0.25, 0.3) is 0 Å². The molecule has 2 N–H and O–H groups in total. The molecule has 1 fully saturated rings. The third-order valence-corrected chi connectivity index (χ3v) is 4.20. The van der Waals surface area contributed by atoms with Crippen molar-refractivity contribution in [3.05, 3.63) is 34.6 Å². The molecule has 0 aliphatic carbocycles. The van der Waals surface area contributed by atoms with Gasteiger partial charge in [-0.3, -0.25) is 0 Å². The minimum Gasteiger partial charge on any atom is -0.393 e. The summed E-state index contributed by atoms with van der Waals surface area (Å²) in [5.41, 5.74) is 0.654. The molecule has 1 heterocycles. The van der Waals surface area contributed by atoms with E-state index in [-0.39, 0.29) is 23.1 Å². The van der Waals surface area contributed by atoms with E-state index in [0.717, 1.165) is 0 Å². The normalized spacial score (nSPS) is 20.9. The lowest BCUT2D eigenvalue weighted by Gasteiger charge is -2.37. The van der Waals surface area contributed by atoms with E-state index >= 15 is 0 Å². The third kappa shape index (κ3) is 4.80. The molecule has 23 heavy (non-hydrogen) atoms. The largest absolute Gasteiger partial charge is 0.393 e. The van der Waals surface area contributed by atoms with Crippen LogP contribution in [0.2, 0.25) is 5.02 Å². The number of benzene rings is 1. The molecule has 128 valence electrons. The molecular formula is C16H22ClFN2O3. The zero-order chi connectivity index (χ0) is 17.0. The van der Waals surface area contributed by atoms with Crippen molar-refractivity contribution in [3.63, 3.8) is 0 Å². The maximum absolute atomic E-state index is 13.1. The molecule has 7 heteroatoms. The molecule has 2 amide bonds. The van der Waals surface area contributed by atoms with Crippen LogP contribution in [0.5, 0.6) is 0 Å². The molecule has 5 nitrogen and oxygen atoms in total. The maximum atomic E-state index is 13.1. The van der Waals surface area contributed by atoms with Crippen molar-refractivity contribution in [2.24, 2.45) is 0 Å². The first kappa shape index (κ1) is 18.0. The number of nitrogens with zero attached hydrogens (tertiary/aromatic N) is 1. The van der Waals surface area contributed by atoms with Gasteiger partial charge in [-0.1, -0.05) is 17.7 Å². The third-order valence-electron chi connectivity index (χ3n) is 3.87. The maximum Gasteiger partial charge on any atom is 0.318 e. The highest BCUT2D eigenvalue weighted by Crippen LogP contribution is 2.24. The Bertz CT molecular complexity index is 556. The van der Waals surface area contributed by atoms with E-state index in [0.29, 0.717) is 31.7 Å². The van der Waals surface area contributed by atoms with Crippen molar-refractivity contribution in [3.8, 4) is 0 Å². The van der Waals surface area contributed by atoms with Gasteiger partial charge in [-0.05, 0) is 38.0 Å². The van der Waals surface area contributed by atoms with Crippen LogP contribution in [-0.2, 0) is 4.74 Å². The number of ether oxygens (including phenoxy) is 1. The summed E-state index contributed by atoms with van der Waals surface area (Å²) >= 11 is 6.03. The molecule has 3 atom stereocenters. The number of amides is 2. The number of carbonyl (C=O) groups excluding carboxylic acids is 1. The summed E-state index contributed by atoms with van der Waals surface area (Å²) in [4.78, 5) is 14.2. The zero-order valence-electron chi connectivity index (χ0n) is 13.3. The van der Waals surface area contributed by atoms with Crippen molar-refractivity contribution >= 4 is 17.6 Å². The monoisotopic (exact) mass is 344 g/mol. The second-order valence-electron chi connectivity index (χ2n) is 5.84. The van der Waals surface area contributed by atoms with Gasteiger partial charge in [0.15, 0.2) is 0 Å². The number of hydrogen-bond acceptors (Lipinski definition) is 3. The molecule has 2 rings (SSSR count). The Morgan fingerprint density at radius 1 is 1.57 bits per heavy atom. The molecule has 1 aromatic carbocycles. The fourth-order valence-corrected chi connectivity index (χ4v) is 3.04. The minimum atomic E-state index is -0.513.